The molecular weight excluding hydrogens is 471 g/mol. The van der Waals surface area contributed by atoms with Crippen LogP contribution in [0.25, 0.3) is 11.4 Å². The number of benzene rings is 2. The Hall–Kier alpha value is -2.91. The Morgan fingerprint density at radius 3 is 2.77 bits per heavy atom. The largest absolute Gasteiger partial charge is 0.467 e. The highest BCUT2D eigenvalue weighted by Gasteiger charge is 2.19. The highest BCUT2D eigenvalue weighted by molar-refractivity contribution is 9.10. The maximum Gasteiger partial charge on any atom is 0.234 e. The molecule has 30 heavy (non-hydrogen) atoms. The fourth-order valence-corrected chi connectivity index (χ4v) is 3.97. The zero-order valence-electron chi connectivity index (χ0n) is 15.6. The number of amides is 1. The van der Waals surface area contributed by atoms with Gasteiger partial charge in [-0.25, -0.2) is 4.39 Å². The number of aromatic nitrogens is 3. The van der Waals surface area contributed by atoms with Crippen LogP contribution in [0.15, 0.2) is 81.0 Å². The van der Waals surface area contributed by atoms with Crippen LogP contribution in [-0.4, -0.2) is 26.4 Å². The van der Waals surface area contributed by atoms with Crippen molar-refractivity contribution in [3.63, 3.8) is 0 Å². The molecule has 9 heteroatoms. The number of carbonyl (C=O) groups excluding carboxylic acids is 1. The lowest BCUT2D eigenvalue weighted by molar-refractivity contribution is -0.113. The molecule has 0 saturated carbocycles. The standard InChI is InChI=1S/C21H16BrFN4O2S/c22-14-5-3-6-15(11-14)24-19(28)13-30-21-26-25-20(17-8-1-2-9-18(17)23)27(21)12-16-7-4-10-29-16/h1-11H,12-13H2,(H,24,28). The molecule has 0 fully saturated rings. The summed E-state index contributed by atoms with van der Waals surface area (Å²) in [5.41, 5.74) is 1.03. The SMILES string of the molecule is O=C(CSc1nnc(-c2ccccc2F)n1Cc1ccco1)Nc1cccc(Br)c1. The van der Waals surface area contributed by atoms with E-state index in [1.54, 1.807) is 35.1 Å². The molecule has 0 saturated heterocycles. The molecule has 2 aromatic heterocycles. The normalized spacial score (nSPS) is 10.9. The molecule has 0 aliphatic carbocycles. The third kappa shape index (κ3) is 4.80. The van der Waals surface area contributed by atoms with Gasteiger partial charge in [-0.1, -0.05) is 45.9 Å². The van der Waals surface area contributed by atoms with Gasteiger partial charge in [0.25, 0.3) is 0 Å². The number of furan rings is 1. The van der Waals surface area contributed by atoms with Crippen LogP contribution in [0.5, 0.6) is 0 Å². The highest BCUT2D eigenvalue weighted by Crippen LogP contribution is 2.27. The van der Waals surface area contributed by atoms with E-state index in [4.69, 9.17) is 4.42 Å². The van der Waals surface area contributed by atoms with Crippen molar-refractivity contribution in [3.8, 4) is 11.4 Å². The number of hydrogen-bond donors (Lipinski definition) is 1. The van der Waals surface area contributed by atoms with E-state index in [1.165, 1.54) is 17.8 Å². The number of halogens is 2. The monoisotopic (exact) mass is 486 g/mol. The van der Waals surface area contributed by atoms with Crippen LogP contribution in [0.1, 0.15) is 5.76 Å². The zero-order chi connectivity index (χ0) is 20.9. The third-order valence-electron chi connectivity index (χ3n) is 4.17. The second-order valence-electron chi connectivity index (χ2n) is 6.30. The van der Waals surface area contributed by atoms with Crippen molar-refractivity contribution < 1.29 is 13.6 Å². The summed E-state index contributed by atoms with van der Waals surface area (Å²) < 4.78 is 22.4. The lowest BCUT2D eigenvalue weighted by atomic mass is 10.2. The summed E-state index contributed by atoms with van der Waals surface area (Å²) in [5, 5.41) is 11.7. The lowest BCUT2D eigenvalue weighted by Crippen LogP contribution is -2.14. The summed E-state index contributed by atoms with van der Waals surface area (Å²) in [5.74, 6) is 0.597. The summed E-state index contributed by atoms with van der Waals surface area (Å²) >= 11 is 4.60. The van der Waals surface area contributed by atoms with Crippen LogP contribution in [0, 0.1) is 5.82 Å². The van der Waals surface area contributed by atoms with Gasteiger partial charge in [-0.3, -0.25) is 9.36 Å². The Balaban J connectivity index is 1.55. The third-order valence-corrected chi connectivity index (χ3v) is 5.63. The quantitative estimate of drug-likeness (QED) is 0.362. The van der Waals surface area contributed by atoms with Gasteiger partial charge in [0.15, 0.2) is 11.0 Å². The molecule has 6 nitrogen and oxygen atoms in total. The Morgan fingerprint density at radius 1 is 1.13 bits per heavy atom. The predicted molar refractivity (Wildman–Crippen MR) is 117 cm³/mol. The van der Waals surface area contributed by atoms with Gasteiger partial charge in [-0.2, -0.15) is 0 Å². The second kappa shape index (κ2) is 9.27. The van der Waals surface area contributed by atoms with Crippen molar-refractivity contribution in [1.82, 2.24) is 14.8 Å². The van der Waals surface area contributed by atoms with Crippen molar-refractivity contribution in [3.05, 3.63) is 83.0 Å². The molecule has 0 aliphatic rings. The number of rotatable bonds is 7. The van der Waals surface area contributed by atoms with Crippen molar-refractivity contribution in [2.24, 2.45) is 0 Å². The van der Waals surface area contributed by atoms with Crippen LogP contribution in [0.3, 0.4) is 0 Å². The first-order valence-corrected chi connectivity index (χ1v) is 10.8. The van der Waals surface area contributed by atoms with Gasteiger partial charge in [-0.15, -0.1) is 10.2 Å². The number of nitrogens with zero attached hydrogens (tertiary/aromatic N) is 3. The summed E-state index contributed by atoms with van der Waals surface area (Å²) in [6, 6.07) is 17.3. The summed E-state index contributed by atoms with van der Waals surface area (Å²) in [4.78, 5) is 12.4. The van der Waals surface area contributed by atoms with Crippen LogP contribution < -0.4 is 5.32 Å². The maximum atomic E-state index is 14.4. The Kier molecular flexibility index (Phi) is 6.29. The molecule has 2 aromatic carbocycles. The van der Waals surface area contributed by atoms with E-state index >= 15 is 0 Å². The number of anilines is 1. The fourth-order valence-electron chi connectivity index (χ4n) is 2.83. The zero-order valence-corrected chi connectivity index (χ0v) is 18.0. The number of carbonyl (C=O) groups is 1. The van der Waals surface area contributed by atoms with Crippen molar-refractivity contribution in [1.29, 1.82) is 0 Å². The second-order valence-corrected chi connectivity index (χ2v) is 8.16. The molecular formula is C21H16BrFN4O2S. The predicted octanol–water partition coefficient (Wildman–Crippen LogP) is 5.22. The first-order chi connectivity index (χ1) is 14.6. The molecule has 0 atom stereocenters. The molecule has 4 rings (SSSR count). The van der Waals surface area contributed by atoms with E-state index in [1.807, 2.05) is 30.3 Å². The van der Waals surface area contributed by atoms with Crippen molar-refractivity contribution in [2.45, 2.75) is 11.7 Å². The number of nitrogens with one attached hydrogen (secondary N) is 1. The summed E-state index contributed by atoms with van der Waals surface area (Å²) in [6.45, 7) is 0.319. The van der Waals surface area contributed by atoms with Gasteiger partial charge in [0.1, 0.15) is 11.6 Å². The molecule has 0 spiro atoms. The first-order valence-electron chi connectivity index (χ1n) is 8.99. The van der Waals surface area contributed by atoms with Crippen LogP contribution in [0.4, 0.5) is 10.1 Å². The Bertz CT molecular complexity index is 1160. The van der Waals surface area contributed by atoms with Crippen molar-refractivity contribution in [2.75, 3.05) is 11.1 Å². The Morgan fingerprint density at radius 2 is 2.00 bits per heavy atom. The number of hydrogen-bond acceptors (Lipinski definition) is 5. The topological polar surface area (TPSA) is 73.0 Å². The molecule has 1 N–H and O–H groups in total. The van der Waals surface area contributed by atoms with E-state index in [-0.39, 0.29) is 11.7 Å². The van der Waals surface area contributed by atoms with Gasteiger partial charge >= 0.3 is 0 Å². The number of thioether (sulfide) groups is 1. The molecule has 152 valence electrons. The molecule has 0 aliphatic heterocycles. The fraction of sp³-hybridized carbons (Fsp3) is 0.0952. The van der Waals surface area contributed by atoms with E-state index in [0.717, 1.165) is 4.47 Å². The maximum absolute atomic E-state index is 14.4. The van der Waals surface area contributed by atoms with E-state index in [0.29, 0.717) is 34.5 Å². The molecule has 0 unspecified atom stereocenters. The van der Waals surface area contributed by atoms with Crippen molar-refractivity contribution >= 4 is 39.3 Å². The molecule has 4 aromatic rings. The average Bonchev–Trinajstić information content (AvgIpc) is 3.37. The minimum Gasteiger partial charge on any atom is -0.467 e. The first kappa shape index (κ1) is 20.4. The van der Waals surface area contributed by atoms with Gasteiger partial charge in [0.05, 0.1) is 24.1 Å². The molecule has 1 amide bonds. The lowest BCUT2D eigenvalue weighted by Gasteiger charge is -2.10. The van der Waals surface area contributed by atoms with E-state index in [2.05, 4.69) is 31.4 Å². The van der Waals surface area contributed by atoms with E-state index < -0.39 is 5.82 Å². The van der Waals surface area contributed by atoms with E-state index in [9.17, 15) is 9.18 Å². The van der Waals surface area contributed by atoms with Gasteiger partial charge in [0.2, 0.25) is 5.91 Å². The van der Waals surface area contributed by atoms with Crippen LogP contribution in [0.2, 0.25) is 0 Å². The molecule has 0 radical (unpaired) electrons. The molecule has 0 bridgehead atoms. The van der Waals surface area contributed by atoms with Crippen LogP contribution in [-0.2, 0) is 11.3 Å². The highest BCUT2D eigenvalue weighted by atomic mass is 79.9. The minimum atomic E-state index is -0.394. The Labute approximate surface area is 184 Å². The van der Waals surface area contributed by atoms with Gasteiger partial charge < -0.3 is 9.73 Å². The summed E-state index contributed by atoms with van der Waals surface area (Å²) in [6.07, 6.45) is 1.57. The average molecular weight is 487 g/mol. The van der Waals surface area contributed by atoms with Gasteiger partial charge in [-0.05, 0) is 42.5 Å². The smallest absolute Gasteiger partial charge is 0.234 e. The van der Waals surface area contributed by atoms with Crippen LogP contribution >= 0.6 is 27.7 Å². The molecule has 2 heterocycles. The van der Waals surface area contributed by atoms with Gasteiger partial charge in [0, 0.05) is 10.2 Å². The minimum absolute atomic E-state index is 0.125. The summed E-state index contributed by atoms with van der Waals surface area (Å²) in [7, 11) is 0.